The highest BCUT2D eigenvalue weighted by Gasteiger charge is 2.14. The quantitative estimate of drug-likeness (QED) is 0.852. The maximum atomic E-state index is 10.4. The molecule has 0 amide bonds. The number of hydrogen-bond donors (Lipinski definition) is 1. The standard InChI is InChI=1S/C11H14N4O3/c1-3-7-6-8(15(2)14-7)11-13-12-9(18-11)4-5-10(16)17/h6H,3-5H2,1-2H3,(H,16,17). The van der Waals surface area contributed by atoms with Gasteiger partial charge in [0.1, 0.15) is 5.69 Å². The molecule has 2 heterocycles. The van der Waals surface area contributed by atoms with Gasteiger partial charge < -0.3 is 9.52 Å². The van der Waals surface area contributed by atoms with Crippen LogP contribution in [0.15, 0.2) is 10.5 Å². The molecule has 0 aliphatic heterocycles. The Labute approximate surface area is 103 Å². The molecule has 96 valence electrons. The summed E-state index contributed by atoms with van der Waals surface area (Å²) < 4.78 is 7.09. The number of aryl methyl sites for hydroxylation is 3. The summed E-state index contributed by atoms with van der Waals surface area (Å²) in [5.74, 6) is -0.194. The second-order valence-corrected chi connectivity index (χ2v) is 3.89. The molecular weight excluding hydrogens is 236 g/mol. The van der Waals surface area contributed by atoms with Gasteiger partial charge in [-0.3, -0.25) is 9.48 Å². The van der Waals surface area contributed by atoms with Crippen molar-refractivity contribution >= 4 is 5.97 Å². The topological polar surface area (TPSA) is 94.0 Å². The Morgan fingerprint density at radius 1 is 1.50 bits per heavy atom. The van der Waals surface area contributed by atoms with Gasteiger partial charge in [0.15, 0.2) is 0 Å². The maximum Gasteiger partial charge on any atom is 0.303 e. The van der Waals surface area contributed by atoms with E-state index in [-0.39, 0.29) is 12.8 Å². The predicted octanol–water partition coefficient (Wildman–Crippen LogP) is 1.05. The van der Waals surface area contributed by atoms with Crippen molar-refractivity contribution in [3.05, 3.63) is 17.7 Å². The third-order valence-corrected chi connectivity index (χ3v) is 2.53. The molecule has 0 saturated carbocycles. The monoisotopic (exact) mass is 250 g/mol. The van der Waals surface area contributed by atoms with E-state index in [1.54, 1.807) is 11.7 Å². The zero-order valence-electron chi connectivity index (χ0n) is 10.3. The number of carbonyl (C=O) groups is 1. The molecule has 2 aromatic heterocycles. The minimum Gasteiger partial charge on any atom is -0.481 e. The number of carboxylic acid groups (broad SMARTS) is 1. The van der Waals surface area contributed by atoms with Gasteiger partial charge in [0.2, 0.25) is 5.89 Å². The highest BCUT2D eigenvalue weighted by molar-refractivity contribution is 5.66. The molecule has 18 heavy (non-hydrogen) atoms. The zero-order chi connectivity index (χ0) is 13.1. The fraction of sp³-hybridized carbons (Fsp3) is 0.455. The van der Waals surface area contributed by atoms with Crippen molar-refractivity contribution < 1.29 is 14.3 Å². The van der Waals surface area contributed by atoms with Crippen LogP contribution >= 0.6 is 0 Å². The van der Waals surface area contributed by atoms with E-state index in [1.165, 1.54) is 0 Å². The average molecular weight is 250 g/mol. The summed E-state index contributed by atoms with van der Waals surface area (Å²) in [6.45, 7) is 2.01. The first-order chi connectivity index (χ1) is 8.60. The number of rotatable bonds is 5. The van der Waals surface area contributed by atoms with Crippen LogP contribution in [0.4, 0.5) is 0 Å². The van der Waals surface area contributed by atoms with Crippen LogP contribution < -0.4 is 0 Å². The van der Waals surface area contributed by atoms with E-state index in [0.29, 0.717) is 11.8 Å². The van der Waals surface area contributed by atoms with Crippen LogP contribution in [0.5, 0.6) is 0 Å². The molecule has 0 bridgehead atoms. The van der Waals surface area contributed by atoms with E-state index >= 15 is 0 Å². The molecule has 7 heteroatoms. The van der Waals surface area contributed by atoms with Crippen LogP contribution in [0.3, 0.4) is 0 Å². The van der Waals surface area contributed by atoms with E-state index in [2.05, 4.69) is 15.3 Å². The lowest BCUT2D eigenvalue weighted by atomic mass is 10.3. The lowest BCUT2D eigenvalue weighted by molar-refractivity contribution is -0.137. The van der Waals surface area contributed by atoms with Crippen molar-refractivity contribution in [1.29, 1.82) is 0 Å². The van der Waals surface area contributed by atoms with Gasteiger partial charge in [-0.05, 0) is 12.5 Å². The number of carboxylic acids is 1. The van der Waals surface area contributed by atoms with Crippen molar-refractivity contribution in [1.82, 2.24) is 20.0 Å². The van der Waals surface area contributed by atoms with Gasteiger partial charge in [-0.1, -0.05) is 6.92 Å². The van der Waals surface area contributed by atoms with Crippen LogP contribution in [0.2, 0.25) is 0 Å². The Bertz CT molecular complexity index is 558. The van der Waals surface area contributed by atoms with Crippen molar-refractivity contribution in [3.8, 4) is 11.6 Å². The Kier molecular flexibility index (Phi) is 3.40. The largest absolute Gasteiger partial charge is 0.481 e. The van der Waals surface area contributed by atoms with Gasteiger partial charge in [-0.2, -0.15) is 5.10 Å². The zero-order valence-corrected chi connectivity index (χ0v) is 10.3. The fourth-order valence-corrected chi connectivity index (χ4v) is 1.57. The molecule has 0 aliphatic rings. The number of aromatic nitrogens is 4. The maximum absolute atomic E-state index is 10.4. The SMILES string of the molecule is CCc1cc(-c2nnc(CCC(=O)O)o2)n(C)n1. The molecule has 0 unspecified atom stereocenters. The van der Waals surface area contributed by atoms with E-state index < -0.39 is 5.97 Å². The summed E-state index contributed by atoms with van der Waals surface area (Å²) in [5.41, 5.74) is 1.68. The Hall–Kier alpha value is -2.18. The van der Waals surface area contributed by atoms with Crippen LogP contribution in [-0.4, -0.2) is 31.1 Å². The minimum atomic E-state index is -0.886. The molecule has 7 nitrogen and oxygen atoms in total. The lowest BCUT2D eigenvalue weighted by Crippen LogP contribution is -1.97. The molecular formula is C11H14N4O3. The van der Waals surface area contributed by atoms with Crippen LogP contribution in [0.1, 0.15) is 24.9 Å². The summed E-state index contributed by atoms with van der Waals surface area (Å²) in [6, 6.07) is 1.88. The average Bonchev–Trinajstić information content (AvgIpc) is 2.92. The Morgan fingerprint density at radius 2 is 2.28 bits per heavy atom. The molecule has 2 rings (SSSR count). The van der Waals surface area contributed by atoms with Crippen LogP contribution in [0.25, 0.3) is 11.6 Å². The van der Waals surface area contributed by atoms with Gasteiger partial charge in [-0.25, -0.2) is 0 Å². The first-order valence-corrected chi connectivity index (χ1v) is 5.67. The highest BCUT2D eigenvalue weighted by Crippen LogP contribution is 2.19. The van der Waals surface area contributed by atoms with E-state index in [1.807, 2.05) is 13.0 Å². The predicted molar refractivity (Wildman–Crippen MR) is 61.8 cm³/mol. The molecule has 0 spiro atoms. The smallest absolute Gasteiger partial charge is 0.303 e. The van der Waals surface area contributed by atoms with E-state index in [4.69, 9.17) is 9.52 Å². The van der Waals surface area contributed by atoms with Gasteiger partial charge in [0.25, 0.3) is 5.89 Å². The van der Waals surface area contributed by atoms with Crippen molar-refractivity contribution in [2.75, 3.05) is 0 Å². The van der Waals surface area contributed by atoms with E-state index in [9.17, 15) is 4.79 Å². The second-order valence-electron chi connectivity index (χ2n) is 3.89. The molecule has 0 aliphatic carbocycles. The third kappa shape index (κ3) is 2.55. The highest BCUT2D eigenvalue weighted by atomic mass is 16.4. The molecule has 0 saturated heterocycles. The summed E-state index contributed by atoms with van der Waals surface area (Å²) in [4.78, 5) is 10.4. The second kappa shape index (κ2) is 4.99. The number of nitrogens with zero attached hydrogens (tertiary/aromatic N) is 4. The molecule has 0 fully saturated rings. The Balaban J connectivity index is 2.18. The summed E-state index contributed by atoms with van der Waals surface area (Å²) in [6.07, 6.45) is 1.04. The summed E-state index contributed by atoms with van der Waals surface area (Å²) in [5, 5.41) is 20.6. The van der Waals surface area contributed by atoms with Crippen molar-refractivity contribution in [2.24, 2.45) is 7.05 Å². The molecule has 2 aromatic rings. The fourth-order valence-electron chi connectivity index (χ4n) is 1.57. The van der Waals surface area contributed by atoms with Crippen molar-refractivity contribution in [3.63, 3.8) is 0 Å². The van der Waals surface area contributed by atoms with Gasteiger partial charge in [0, 0.05) is 13.5 Å². The molecule has 0 radical (unpaired) electrons. The van der Waals surface area contributed by atoms with Gasteiger partial charge >= 0.3 is 5.97 Å². The van der Waals surface area contributed by atoms with Crippen LogP contribution in [0, 0.1) is 0 Å². The lowest BCUT2D eigenvalue weighted by Gasteiger charge is -1.94. The van der Waals surface area contributed by atoms with Crippen molar-refractivity contribution in [2.45, 2.75) is 26.2 Å². The minimum absolute atomic E-state index is 0.0206. The molecule has 0 aromatic carbocycles. The molecule has 1 N–H and O–H groups in total. The molecule has 0 atom stereocenters. The van der Waals surface area contributed by atoms with E-state index in [0.717, 1.165) is 17.8 Å². The van der Waals surface area contributed by atoms with Gasteiger partial charge in [0.05, 0.1) is 12.1 Å². The normalized spacial score (nSPS) is 10.8. The Morgan fingerprint density at radius 3 is 2.89 bits per heavy atom. The first kappa shape index (κ1) is 12.3. The third-order valence-electron chi connectivity index (χ3n) is 2.53. The number of hydrogen-bond acceptors (Lipinski definition) is 5. The summed E-state index contributed by atoms with van der Waals surface area (Å²) >= 11 is 0. The number of aliphatic carboxylic acids is 1. The van der Waals surface area contributed by atoms with Crippen LogP contribution in [-0.2, 0) is 24.7 Å². The van der Waals surface area contributed by atoms with Gasteiger partial charge in [-0.15, -0.1) is 10.2 Å². The first-order valence-electron chi connectivity index (χ1n) is 5.67. The summed E-state index contributed by atoms with van der Waals surface area (Å²) in [7, 11) is 1.80.